The van der Waals surface area contributed by atoms with E-state index in [-0.39, 0.29) is 0 Å². The molecule has 0 spiro atoms. The molecule has 0 aliphatic heterocycles. The van der Waals surface area contributed by atoms with Gasteiger partial charge in [0.25, 0.3) is 0 Å². The second kappa shape index (κ2) is 10.6. The third-order valence-electron chi connectivity index (χ3n) is 10.9. The number of nitrogens with zero attached hydrogens (tertiary/aromatic N) is 4. The van der Waals surface area contributed by atoms with Gasteiger partial charge in [0.1, 0.15) is 11.2 Å². The first kappa shape index (κ1) is 28.5. The summed E-state index contributed by atoms with van der Waals surface area (Å²) in [7, 11) is 0. The van der Waals surface area contributed by atoms with Gasteiger partial charge in [-0.2, -0.15) is 0 Å². The fourth-order valence-electron chi connectivity index (χ4n) is 8.67. The van der Waals surface area contributed by atoms with E-state index in [0.29, 0.717) is 5.95 Å². The second-order valence-corrected chi connectivity index (χ2v) is 13.7. The Morgan fingerprint density at radius 3 is 1.94 bits per heavy atom. The molecule has 4 aromatic heterocycles. The summed E-state index contributed by atoms with van der Waals surface area (Å²) in [6.45, 7) is 0. The highest BCUT2D eigenvalue weighted by Crippen LogP contribution is 2.45. The van der Waals surface area contributed by atoms with Crippen LogP contribution < -0.4 is 0 Å². The van der Waals surface area contributed by atoms with Crippen LogP contribution in [0.25, 0.3) is 110 Å². The van der Waals surface area contributed by atoms with Gasteiger partial charge in [-0.1, -0.05) is 127 Å². The molecule has 246 valence electrons. The Morgan fingerprint density at radius 1 is 0.396 bits per heavy atom. The van der Waals surface area contributed by atoms with Crippen molar-refractivity contribution in [2.75, 3.05) is 0 Å². The second-order valence-electron chi connectivity index (χ2n) is 13.7. The number of para-hydroxylation sites is 3. The van der Waals surface area contributed by atoms with Crippen LogP contribution in [0.4, 0.5) is 0 Å². The van der Waals surface area contributed by atoms with Gasteiger partial charge in [0.2, 0.25) is 5.95 Å². The number of hydrogen-bond acceptors (Lipinski definition) is 3. The zero-order chi connectivity index (χ0) is 34.6. The highest BCUT2D eigenvalue weighted by molar-refractivity contribution is 6.31. The quantitative estimate of drug-likeness (QED) is 0.175. The topological polar surface area (TPSA) is 48.8 Å². The van der Waals surface area contributed by atoms with E-state index in [1.54, 1.807) is 0 Å². The van der Waals surface area contributed by atoms with E-state index < -0.39 is 0 Å². The molecule has 0 unspecified atom stereocenters. The van der Waals surface area contributed by atoms with Crippen LogP contribution in [0.5, 0.6) is 0 Å². The normalized spacial score (nSPS) is 12.2. The van der Waals surface area contributed by atoms with Crippen molar-refractivity contribution in [1.82, 2.24) is 19.1 Å². The van der Waals surface area contributed by atoms with Crippen LogP contribution in [0.3, 0.4) is 0 Å². The molecule has 0 amide bonds. The van der Waals surface area contributed by atoms with Crippen molar-refractivity contribution in [2.45, 2.75) is 0 Å². The molecule has 5 heteroatoms. The van der Waals surface area contributed by atoms with E-state index in [1.807, 2.05) is 6.07 Å². The lowest BCUT2D eigenvalue weighted by molar-refractivity contribution is 0.669. The lowest BCUT2D eigenvalue weighted by Crippen LogP contribution is -2.05. The Labute approximate surface area is 302 Å². The van der Waals surface area contributed by atoms with Crippen molar-refractivity contribution in [3.63, 3.8) is 0 Å². The van der Waals surface area contributed by atoms with Crippen LogP contribution in [0.2, 0.25) is 0 Å². The van der Waals surface area contributed by atoms with E-state index in [0.717, 1.165) is 93.4 Å². The molecule has 4 heterocycles. The summed E-state index contributed by atoms with van der Waals surface area (Å²) in [6, 6.07) is 59.9. The van der Waals surface area contributed by atoms with E-state index in [1.165, 1.54) is 10.8 Å². The monoisotopic (exact) mass is 676 g/mol. The predicted molar refractivity (Wildman–Crippen MR) is 218 cm³/mol. The minimum atomic E-state index is 0.622. The van der Waals surface area contributed by atoms with E-state index >= 15 is 0 Å². The number of rotatable bonds is 3. The van der Waals surface area contributed by atoms with Gasteiger partial charge in [-0.25, -0.2) is 9.97 Å². The maximum Gasteiger partial charge on any atom is 0.235 e. The van der Waals surface area contributed by atoms with Crippen LogP contribution in [0.1, 0.15) is 0 Å². The van der Waals surface area contributed by atoms with E-state index in [4.69, 9.17) is 14.4 Å². The molecule has 0 fully saturated rings. The van der Waals surface area contributed by atoms with Crippen molar-refractivity contribution in [2.24, 2.45) is 0 Å². The highest BCUT2D eigenvalue weighted by Gasteiger charge is 2.26. The van der Waals surface area contributed by atoms with Crippen LogP contribution in [-0.4, -0.2) is 19.1 Å². The summed E-state index contributed by atoms with van der Waals surface area (Å²) in [4.78, 5) is 11.1. The first-order valence-electron chi connectivity index (χ1n) is 17.9. The fourth-order valence-corrected chi connectivity index (χ4v) is 8.67. The van der Waals surface area contributed by atoms with Gasteiger partial charge in [0.05, 0.1) is 33.3 Å². The van der Waals surface area contributed by atoms with Gasteiger partial charge in [-0.05, 0) is 47.9 Å². The van der Waals surface area contributed by atoms with Crippen LogP contribution in [0, 0.1) is 0 Å². The Bertz CT molecular complexity index is 3450. The third-order valence-corrected chi connectivity index (χ3v) is 10.9. The number of furan rings is 1. The Kier molecular flexibility index (Phi) is 5.71. The first-order valence-corrected chi connectivity index (χ1v) is 17.9. The summed E-state index contributed by atoms with van der Waals surface area (Å²) in [5, 5.41) is 10.0. The van der Waals surface area contributed by atoms with E-state index in [9.17, 15) is 0 Å². The van der Waals surface area contributed by atoms with Crippen LogP contribution in [-0.2, 0) is 0 Å². The summed E-state index contributed by atoms with van der Waals surface area (Å²) >= 11 is 0. The average molecular weight is 677 g/mol. The smallest absolute Gasteiger partial charge is 0.235 e. The van der Waals surface area contributed by atoms with Crippen LogP contribution >= 0.6 is 0 Å². The average Bonchev–Trinajstić information content (AvgIpc) is 3.88. The lowest BCUT2D eigenvalue weighted by Gasteiger charge is -2.14. The minimum Gasteiger partial charge on any atom is -0.456 e. The third kappa shape index (κ3) is 3.91. The molecular weight excluding hydrogens is 649 g/mol. The molecule has 8 aromatic carbocycles. The molecule has 0 N–H and O–H groups in total. The Hall–Kier alpha value is -7.24. The maximum absolute atomic E-state index is 6.49. The van der Waals surface area contributed by atoms with Gasteiger partial charge in [0, 0.05) is 54.3 Å². The van der Waals surface area contributed by atoms with Gasteiger partial charge in [-0.3, -0.25) is 4.57 Å². The zero-order valence-electron chi connectivity index (χ0n) is 28.4. The number of fused-ring (bicyclic) bond motifs is 14. The van der Waals surface area contributed by atoms with Gasteiger partial charge < -0.3 is 8.98 Å². The van der Waals surface area contributed by atoms with E-state index in [2.05, 4.69) is 173 Å². The molecule has 5 nitrogen and oxygen atoms in total. The summed E-state index contributed by atoms with van der Waals surface area (Å²) in [6.07, 6.45) is 0. The van der Waals surface area contributed by atoms with Crippen molar-refractivity contribution in [3.05, 3.63) is 170 Å². The largest absolute Gasteiger partial charge is 0.456 e. The zero-order valence-corrected chi connectivity index (χ0v) is 28.4. The molecular formula is C48H28N4O. The van der Waals surface area contributed by atoms with Crippen molar-refractivity contribution >= 4 is 87.2 Å². The number of aromatic nitrogens is 4. The Balaban J connectivity index is 1.35. The molecule has 12 rings (SSSR count). The SMILES string of the molecule is c1ccc(-c2nc(-n3c4ccc5oc6ccccc6c5c4c4ccc5c6ccccc6n(-c6ccccc6)c5c43)nc3c2ccc2ccccc23)cc1. The van der Waals surface area contributed by atoms with Crippen molar-refractivity contribution < 1.29 is 4.42 Å². The molecule has 12 aromatic rings. The molecule has 0 saturated carbocycles. The summed E-state index contributed by atoms with van der Waals surface area (Å²) in [5.74, 6) is 0.622. The standard InChI is InChI=1S/C48H28N4O/c1-3-14-30(15-4-1)44-37-24-23-29-13-7-8-18-32(29)45(37)50-48(49-44)52-39-27-28-41-43(35-20-10-12-22-40(35)53-41)42(39)36-26-25-34-33-19-9-11-21-38(33)51(46(34)47(36)52)31-16-5-2-6-17-31/h1-28H. The number of benzene rings is 8. The van der Waals surface area contributed by atoms with Gasteiger partial charge >= 0.3 is 0 Å². The molecule has 0 radical (unpaired) electrons. The molecule has 0 atom stereocenters. The highest BCUT2D eigenvalue weighted by atomic mass is 16.3. The number of hydrogen-bond donors (Lipinski definition) is 0. The first-order chi connectivity index (χ1) is 26.3. The minimum absolute atomic E-state index is 0.622. The predicted octanol–water partition coefficient (Wildman–Crippen LogP) is 12.5. The molecule has 0 bridgehead atoms. The summed E-state index contributed by atoms with van der Waals surface area (Å²) < 4.78 is 11.2. The van der Waals surface area contributed by atoms with Gasteiger partial charge in [-0.15, -0.1) is 0 Å². The van der Waals surface area contributed by atoms with Crippen molar-refractivity contribution in [1.29, 1.82) is 0 Å². The lowest BCUT2D eigenvalue weighted by atomic mass is 10.0. The van der Waals surface area contributed by atoms with Gasteiger partial charge in [0.15, 0.2) is 0 Å². The fraction of sp³-hybridized carbons (Fsp3) is 0. The summed E-state index contributed by atoms with van der Waals surface area (Å²) in [5.41, 5.74) is 10.0. The molecule has 0 saturated heterocycles. The molecule has 0 aliphatic carbocycles. The van der Waals surface area contributed by atoms with Crippen molar-refractivity contribution in [3.8, 4) is 22.9 Å². The molecule has 53 heavy (non-hydrogen) atoms. The molecule has 0 aliphatic rings. The Morgan fingerprint density at radius 2 is 1.08 bits per heavy atom. The van der Waals surface area contributed by atoms with Crippen LogP contribution in [0.15, 0.2) is 174 Å². The maximum atomic E-state index is 6.49.